The predicted molar refractivity (Wildman–Crippen MR) is 136 cm³/mol. The van der Waals surface area contributed by atoms with Gasteiger partial charge in [-0.3, -0.25) is 15.0 Å². The number of nitro groups is 1. The summed E-state index contributed by atoms with van der Waals surface area (Å²) in [6, 6.07) is 20.5. The van der Waals surface area contributed by atoms with Crippen LogP contribution in [0.2, 0.25) is 0 Å². The van der Waals surface area contributed by atoms with E-state index in [0.29, 0.717) is 5.92 Å². The first kappa shape index (κ1) is 23.4. The lowest BCUT2D eigenvalue weighted by Crippen LogP contribution is -2.37. The van der Waals surface area contributed by atoms with Crippen LogP contribution < -0.4 is 9.47 Å². The molecule has 3 aromatic rings. The molecule has 0 unspecified atom stereocenters. The Hall–Kier alpha value is -3.38. The number of rotatable bonds is 7. The van der Waals surface area contributed by atoms with Crippen LogP contribution in [0.25, 0.3) is 0 Å². The molecular formula is C29H32N2O4. The molecule has 0 aromatic heterocycles. The molecule has 0 spiro atoms. The Balaban J connectivity index is 1.48. The summed E-state index contributed by atoms with van der Waals surface area (Å²) >= 11 is 0. The van der Waals surface area contributed by atoms with E-state index < -0.39 is 0 Å². The highest BCUT2D eigenvalue weighted by atomic mass is 16.7. The third kappa shape index (κ3) is 4.89. The molecule has 0 saturated carbocycles. The second kappa shape index (κ2) is 9.70. The van der Waals surface area contributed by atoms with Gasteiger partial charge < -0.3 is 9.47 Å². The number of hydrogen-bond acceptors (Lipinski definition) is 5. The van der Waals surface area contributed by atoms with Crippen molar-refractivity contribution in [2.24, 2.45) is 5.92 Å². The largest absolute Gasteiger partial charge is 0.454 e. The van der Waals surface area contributed by atoms with Crippen molar-refractivity contribution in [1.29, 1.82) is 0 Å². The molecule has 3 aromatic carbocycles. The average Bonchev–Trinajstić information content (AvgIpc) is 3.30. The van der Waals surface area contributed by atoms with Crippen molar-refractivity contribution in [3.8, 4) is 11.5 Å². The Labute approximate surface area is 206 Å². The molecule has 0 amide bonds. The van der Waals surface area contributed by atoms with E-state index >= 15 is 0 Å². The zero-order valence-corrected chi connectivity index (χ0v) is 20.6. The smallest absolute Gasteiger partial charge is 0.269 e. The monoisotopic (exact) mass is 472 g/mol. The van der Waals surface area contributed by atoms with E-state index in [4.69, 9.17) is 9.47 Å². The first-order chi connectivity index (χ1) is 16.9. The topological polar surface area (TPSA) is 64.8 Å². The van der Waals surface area contributed by atoms with Crippen LogP contribution in [0.15, 0.2) is 60.7 Å². The van der Waals surface area contributed by atoms with Crippen LogP contribution >= 0.6 is 0 Å². The van der Waals surface area contributed by atoms with E-state index in [-0.39, 0.29) is 29.4 Å². The van der Waals surface area contributed by atoms with Gasteiger partial charge in [0.25, 0.3) is 5.69 Å². The predicted octanol–water partition coefficient (Wildman–Crippen LogP) is 6.43. The number of nitrogens with zero attached hydrogens (tertiary/aromatic N) is 2. The zero-order valence-electron chi connectivity index (χ0n) is 20.6. The van der Waals surface area contributed by atoms with Crippen molar-refractivity contribution in [3.63, 3.8) is 0 Å². The molecule has 5 rings (SSSR count). The molecule has 0 N–H and O–H groups in total. The van der Waals surface area contributed by atoms with Crippen molar-refractivity contribution in [2.45, 2.75) is 52.1 Å². The maximum Gasteiger partial charge on any atom is 0.269 e. The van der Waals surface area contributed by atoms with Crippen molar-refractivity contribution in [1.82, 2.24) is 4.90 Å². The number of benzene rings is 3. The van der Waals surface area contributed by atoms with Crippen LogP contribution in [0, 0.1) is 16.0 Å². The number of nitro benzene ring substituents is 1. The summed E-state index contributed by atoms with van der Waals surface area (Å²) in [6.07, 6.45) is 2.01. The van der Waals surface area contributed by atoms with Crippen LogP contribution in [0.4, 0.5) is 5.69 Å². The fourth-order valence-corrected chi connectivity index (χ4v) is 5.42. The summed E-state index contributed by atoms with van der Waals surface area (Å²) in [4.78, 5) is 13.2. The van der Waals surface area contributed by atoms with Crippen molar-refractivity contribution in [2.75, 3.05) is 13.3 Å². The maximum absolute atomic E-state index is 11.1. The van der Waals surface area contributed by atoms with Crippen molar-refractivity contribution < 1.29 is 14.4 Å². The summed E-state index contributed by atoms with van der Waals surface area (Å²) in [5.74, 6) is 2.52. The highest BCUT2D eigenvalue weighted by molar-refractivity contribution is 5.51. The van der Waals surface area contributed by atoms with Crippen LogP contribution in [0.5, 0.6) is 11.5 Å². The van der Waals surface area contributed by atoms with Crippen molar-refractivity contribution in [3.05, 3.63) is 98.6 Å². The Bertz CT molecular complexity index is 1200. The minimum atomic E-state index is -0.350. The van der Waals surface area contributed by atoms with Gasteiger partial charge in [0, 0.05) is 37.2 Å². The van der Waals surface area contributed by atoms with E-state index in [0.717, 1.165) is 43.0 Å². The van der Waals surface area contributed by atoms with Gasteiger partial charge in [0.15, 0.2) is 11.5 Å². The van der Waals surface area contributed by atoms with Gasteiger partial charge in [-0.05, 0) is 58.7 Å². The number of ether oxygens (including phenoxy) is 2. The Morgan fingerprint density at radius 3 is 2.29 bits per heavy atom. The van der Waals surface area contributed by atoms with Gasteiger partial charge in [0.05, 0.1) is 4.92 Å². The Kier molecular flexibility index (Phi) is 6.48. The van der Waals surface area contributed by atoms with E-state index in [9.17, 15) is 10.1 Å². The van der Waals surface area contributed by atoms with Gasteiger partial charge in [0.2, 0.25) is 6.79 Å². The van der Waals surface area contributed by atoms with E-state index in [2.05, 4.69) is 62.1 Å². The quantitative estimate of drug-likeness (QED) is 0.293. The van der Waals surface area contributed by atoms with Gasteiger partial charge >= 0.3 is 0 Å². The van der Waals surface area contributed by atoms with E-state index in [1.807, 2.05) is 12.1 Å². The minimum absolute atomic E-state index is 0.122. The summed E-state index contributed by atoms with van der Waals surface area (Å²) < 4.78 is 11.4. The standard InChI is InChI=1S/C29H32N2O4/c1-19(2)14-21-4-8-23(9-5-21)20(3)29-26-16-28-27(34-18-35-28)15-24(26)12-13-30(29)17-22-6-10-25(11-7-22)31(32)33/h4-11,15-16,19-20,29H,12-14,17-18H2,1-3H3/t20-,29+/m1/s1. The van der Waals surface area contributed by atoms with Gasteiger partial charge in [-0.25, -0.2) is 0 Å². The molecule has 6 heteroatoms. The molecule has 6 nitrogen and oxygen atoms in total. The fraction of sp³-hybridized carbons (Fsp3) is 0.379. The fourth-order valence-electron chi connectivity index (χ4n) is 5.42. The van der Waals surface area contributed by atoms with Crippen molar-refractivity contribution >= 4 is 5.69 Å². The molecule has 0 bridgehead atoms. The first-order valence-electron chi connectivity index (χ1n) is 12.4. The number of fused-ring (bicyclic) bond motifs is 2. The van der Waals surface area contributed by atoms with E-state index in [1.165, 1.54) is 22.3 Å². The third-order valence-electron chi connectivity index (χ3n) is 7.17. The highest BCUT2D eigenvalue weighted by Gasteiger charge is 2.34. The highest BCUT2D eigenvalue weighted by Crippen LogP contribution is 2.45. The van der Waals surface area contributed by atoms with Gasteiger partial charge in [-0.15, -0.1) is 0 Å². The summed E-state index contributed by atoms with van der Waals surface area (Å²) in [7, 11) is 0. The zero-order chi connectivity index (χ0) is 24.5. The SMILES string of the molecule is CC(C)Cc1ccc([C@@H](C)[C@H]2c3cc4c(cc3CCN2Cc2ccc([N+](=O)[O-])cc2)OCO4)cc1. The van der Waals surface area contributed by atoms with Gasteiger partial charge in [0.1, 0.15) is 0 Å². The molecular weight excluding hydrogens is 440 g/mol. The summed E-state index contributed by atoms with van der Waals surface area (Å²) in [5.41, 5.74) is 6.46. The lowest BCUT2D eigenvalue weighted by molar-refractivity contribution is -0.384. The molecule has 2 heterocycles. The molecule has 0 fully saturated rings. The molecule has 2 aliphatic rings. The lowest BCUT2D eigenvalue weighted by atomic mass is 9.81. The second-order valence-corrected chi connectivity index (χ2v) is 10.1. The van der Waals surface area contributed by atoms with Gasteiger partial charge in [-0.2, -0.15) is 0 Å². The maximum atomic E-state index is 11.1. The van der Waals surface area contributed by atoms with Crippen LogP contribution in [0.1, 0.15) is 60.5 Å². The second-order valence-electron chi connectivity index (χ2n) is 10.1. The Morgan fingerprint density at radius 1 is 0.971 bits per heavy atom. The van der Waals surface area contributed by atoms with Crippen LogP contribution in [0.3, 0.4) is 0 Å². The van der Waals surface area contributed by atoms with Crippen LogP contribution in [-0.4, -0.2) is 23.2 Å². The number of hydrogen-bond donors (Lipinski definition) is 0. The molecule has 0 saturated heterocycles. The molecule has 0 radical (unpaired) electrons. The molecule has 0 aliphatic carbocycles. The van der Waals surface area contributed by atoms with E-state index in [1.54, 1.807) is 12.1 Å². The normalized spacial score (nSPS) is 17.9. The number of non-ortho nitro benzene ring substituents is 1. The third-order valence-corrected chi connectivity index (χ3v) is 7.17. The molecule has 2 atom stereocenters. The summed E-state index contributed by atoms with van der Waals surface area (Å²) in [6.45, 7) is 8.69. The summed E-state index contributed by atoms with van der Waals surface area (Å²) in [5, 5.41) is 11.1. The van der Waals surface area contributed by atoms with Gasteiger partial charge in [-0.1, -0.05) is 57.2 Å². The lowest BCUT2D eigenvalue weighted by Gasteiger charge is -2.41. The Morgan fingerprint density at radius 2 is 1.63 bits per heavy atom. The average molecular weight is 473 g/mol. The molecule has 182 valence electrons. The molecule has 2 aliphatic heterocycles. The minimum Gasteiger partial charge on any atom is -0.454 e. The van der Waals surface area contributed by atoms with Crippen LogP contribution in [-0.2, 0) is 19.4 Å². The first-order valence-corrected chi connectivity index (χ1v) is 12.4. The molecule has 35 heavy (non-hydrogen) atoms.